The van der Waals surface area contributed by atoms with E-state index in [-0.39, 0.29) is 24.6 Å². The normalized spacial score (nSPS) is 20.2. The molecule has 1 aromatic carbocycles. The first-order valence-corrected chi connectivity index (χ1v) is 9.03. The number of carbonyl (C=O) groups is 1. The van der Waals surface area contributed by atoms with Gasteiger partial charge in [-0.15, -0.1) is 0 Å². The molecule has 0 radical (unpaired) electrons. The summed E-state index contributed by atoms with van der Waals surface area (Å²) in [6, 6.07) is 4.90. The highest BCUT2D eigenvalue weighted by Gasteiger charge is 2.35. The number of methoxy groups -OCH3 is 1. The lowest BCUT2D eigenvalue weighted by Gasteiger charge is -2.30. The molecular formula is C12H13Br2NO5S. The van der Waals surface area contributed by atoms with Gasteiger partial charge in [-0.25, -0.2) is 13.2 Å². The number of benzene rings is 1. The first kappa shape index (κ1) is 16.9. The molecule has 2 rings (SSSR count). The van der Waals surface area contributed by atoms with Crippen molar-refractivity contribution < 1.29 is 22.7 Å². The van der Waals surface area contributed by atoms with Gasteiger partial charge in [-0.1, -0.05) is 15.9 Å². The lowest BCUT2D eigenvalue weighted by Crippen LogP contribution is -2.48. The Labute approximate surface area is 139 Å². The lowest BCUT2D eigenvalue weighted by molar-refractivity contribution is -0.157. The monoisotopic (exact) mass is 441 g/mol. The van der Waals surface area contributed by atoms with Crippen molar-refractivity contribution in [3.05, 3.63) is 27.1 Å². The highest BCUT2D eigenvalue weighted by atomic mass is 79.9. The zero-order valence-corrected chi connectivity index (χ0v) is 15.1. The second kappa shape index (κ2) is 6.74. The summed E-state index contributed by atoms with van der Waals surface area (Å²) in [4.78, 5) is 11.7. The van der Waals surface area contributed by atoms with E-state index < -0.39 is 22.1 Å². The summed E-state index contributed by atoms with van der Waals surface area (Å²) in [5.74, 6) is -0.580. The molecule has 1 unspecified atom stereocenters. The summed E-state index contributed by atoms with van der Waals surface area (Å²) in [5.41, 5.74) is 0. The summed E-state index contributed by atoms with van der Waals surface area (Å²) in [5, 5.41) is 0. The molecule has 1 aromatic rings. The number of halogens is 2. The Kier molecular flexibility index (Phi) is 5.42. The van der Waals surface area contributed by atoms with Crippen LogP contribution in [0.1, 0.15) is 0 Å². The van der Waals surface area contributed by atoms with E-state index in [1.165, 1.54) is 17.5 Å². The van der Waals surface area contributed by atoms with E-state index in [0.29, 0.717) is 8.95 Å². The van der Waals surface area contributed by atoms with Gasteiger partial charge in [0.25, 0.3) is 0 Å². The molecule has 1 aliphatic heterocycles. The Hall–Kier alpha value is -0.480. The van der Waals surface area contributed by atoms with Crippen molar-refractivity contribution in [2.24, 2.45) is 0 Å². The molecule has 0 saturated carbocycles. The molecular weight excluding hydrogens is 430 g/mol. The first-order chi connectivity index (χ1) is 9.86. The Balaban J connectivity index is 2.31. The molecule has 1 saturated heterocycles. The highest BCUT2D eigenvalue weighted by molar-refractivity contribution is 9.11. The molecule has 0 bridgehead atoms. The van der Waals surface area contributed by atoms with E-state index in [9.17, 15) is 13.2 Å². The van der Waals surface area contributed by atoms with Crippen LogP contribution in [-0.4, -0.2) is 51.6 Å². The third-order valence-electron chi connectivity index (χ3n) is 3.00. The molecule has 0 amide bonds. The van der Waals surface area contributed by atoms with Crippen molar-refractivity contribution in [2.45, 2.75) is 11.0 Å². The van der Waals surface area contributed by atoms with Crippen molar-refractivity contribution >= 4 is 47.9 Å². The SMILES string of the molecule is COC(=O)C1CN(S(=O)(=O)c2cc(Br)ccc2Br)CCO1. The summed E-state index contributed by atoms with van der Waals surface area (Å²) in [6.45, 7) is 0.271. The molecule has 0 N–H and O–H groups in total. The van der Waals surface area contributed by atoms with Gasteiger partial charge in [-0.2, -0.15) is 4.31 Å². The standard InChI is InChI=1S/C12H13Br2NO5S/c1-19-12(16)10-7-15(4-5-20-10)21(17,18)11-6-8(13)2-3-9(11)14/h2-3,6,10H,4-5,7H2,1H3. The molecule has 21 heavy (non-hydrogen) atoms. The van der Waals surface area contributed by atoms with Crippen LogP contribution >= 0.6 is 31.9 Å². The van der Waals surface area contributed by atoms with E-state index in [1.807, 2.05) is 0 Å². The van der Waals surface area contributed by atoms with Gasteiger partial charge in [0.05, 0.1) is 25.2 Å². The Morgan fingerprint density at radius 1 is 1.43 bits per heavy atom. The van der Waals surface area contributed by atoms with Crippen LogP contribution in [0.3, 0.4) is 0 Å². The number of morpholine rings is 1. The minimum Gasteiger partial charge on any atom is -0.467 e. The van der Waals surface area contributed by atoms with Gasteiger partial charge in [0.2, 0.25) is 10.0 Å². The fraction of sp³-hybridized carbons (Fsp3) is 0.417. The number of sulfonamides is 1. The summed E-state index contributed by atoms with van der Waals surface area (Å²) < 4.78 is 37.6. The van der Waals surface area contributed by atoms with Crippen molar-refractivity contribution in [2.75, 3.05) is 26.8 Å². The number of rotatable bonds is 3. The average molecular weight is 443 g/mol. The summed E-state index contributed by atoms with van der Waals surface area (Å²) in [6.07, 6.45) is -0.899. The number of esters is 1. The van der Waals surface area contributed by atoms with Crippen LogP contribution in [0.4, 0.5) is 0 Å². The zero-order chi connectivity index (χ0) is 15.6. The first-order valence-electron chi connectivity index (χ1n) is 6.01. The average Bonchev–Trinajstić information content (AvgIpc) is 2.49. The molecule has 0 aromatic heterocycles. The minimum absolute atomic E-state index is 0.0615. The van der Waals surface area contributed by atoms with Gasteiger partial charge in [-0.3, -0.25) is 0 Å². The van der Waals surface area contributed by atoms with Crippen LogP contribution in [0.2, 0.25) is 0 Å². The quantitative estimate of drug-likeness (QED) is 0.667. The maximum Gasteiger partial charge on any atom is 0.336 e. The van der Waals surface area contributed by atoms with E-state index in [4.69, 9.17) is 4.74 Å². The number of hydrogen-bond donors (Lipinski definition) is 0. The second-order valence-corrected chi connectivity index (χ2v) is 8.00. The van der Waals surface area contributed by atoms with Crippen molar-refractivity contribution in [1.82, 2.24) is 4.31 Å². The topological polar surface area (TPSA) is 72.9 Å². The Bertz CT molecular complexity index is 649. The largest absolute Gasteiger partial charge is 0.467 e. The molecule has 1 aliphatic rings. The van der Waals surface area contributed by atoms with Crippen LogP contribution < -0.4 is 0 Å². The molecule has 6 nitrogen and oxygen atoms in total. The third-order valence-corrected chi connectivity index (χ3v) is 6.36. The maximum absolute atomic E-state index is 12.7. The zero-order valence-electron chi connectivity index (χ0n) is 11.1. The van der Waals surface area contributed by atoms with Gasteiger partial charge >= 0.3 is 5.97 Å². The number of hydrogen-bond acceptors (Lipinski definition) is 5. The van der Waals surface area contributed by atoms with Crippen LogP contribution in [0.25, 0.3) is 0 Å². The fourth-order valence-corrected chi connectivity index (χ4v) is 4.82. The Morgan fingerprint density at radius 2 is 2.14 bits per heavy atom. The predicted molar refractivity (Wildman–Crippen MR) is 82.4 cm³/mol. The fourth-order valence-electron chi connectivity index (χ4n) is 1.93. The predicted octanol–water partition coefficient (Wildman–Crippen LogP) is 1.77. The molecule has 1 fully saturated rings. The molecule has 9 heteroatoms. The lowest BCUT2D eigenvalue weighted by atomic mass is 10.3. The van der Waals surface area contributed by atoms with E-state index >= 15 is 0 Å². The van der Waals surface area contributed by atoms with Gasteiger partial charge in [0.1, 0.15) is 0 Å². The minimum atomic E-state index is -3.72. The van der Waals surface area contributed by atoms with Crippen LogP contribution in [0, 0.1) is 0 Å². The smallest absolute Gasteiger partial charge is 0.336 e. The van der Waals surface area contributed by atoms with E-state index in [0.717, 1.165) is 0 Å². The van der Waals surface area contributed by atoms with Crippen LogP contribution in [0.5, 0.6) is 0 Å². The molecule has 0 aliphatic carbocycles. The maximum atomic E-state index is 12.7. The van der Waals surface area contributed by atoms with Crippen LogP contribution in [0.15, 0.2) is 32.0 Å². The number of nitrogens with zero attached hydrogens (tertiary/aromatic N) is 1. The van der Waals surface area contributed by atoms with Crippen molar-refractivity contribution in [3.8, 4) is 0 Å². The molecule has 1 heterocycles. The summed E-state index contributed by atoms with van der Waals surface area (Å²) in [7, 11) is -2.48. The van der Waals surface area contributed by atoms with Crippen LogP contribution in [-0.2, 0) is 24.3 Å². The molecule has 0 spiro atoms. The van der Waals surface area contributed by atoms with Crippen molar-refractivity contribution in [1.29, 1.82) is 0 Å². The van der Waals surface area contributed by atoms with Crippen molar-refractivity contribution in [3.63, 3.8) is 0 Å². The van der Waals surface area contributed by atoms with Gasteiger partial charge in [0, 0.05) is 15.5 Å². The number of ether oxygens (including phenoxy) is 2. The third kappa shape index (κ3) is 3.65. The van der Waals surface area contributed by atoms with Gasteiger partial charge < -0.3 is 9.47 Å². The van der Waals surface area contributed by atoms with E-state index in [2.05, 4.69) is 36.6 Å². The molecule has 116 valence electrons. The van der Waals surface area contributed by atoms with Gasteiger partial charge in [-0.05, 0) is 34.1 Å². The summed E-state index contributed by atoms with van der Waals surface area (Å²) >= 11 is 6.50. The van der Waals surface area contributed by atoms with E-state index in [1.54, 1.807) is 12.1 Å². The highest BCUT2D eigenvalue weighted by Crippen LogP contribution is 2.29. The number of carbonyl (C=O) groups excluding carboxylic acids is 1. The van der Waals surface area contributed by atoms with Gasteiger partial charge in [0.15, 0.2) is 6.10 Å². The molecule has 1 atom stereocenters. The second-order valence-electron chi connectivity index (χ2n) is 4.32. The Morgan fingerprint density at radius 3 is 2.81 bits per heavy atom.